The molecule has 0 saturated heterocycles. The van der Waals surface area contributed by atoms with Crippen LogP contribution in [-0.2, 0) is 17.9 Å². The van der Waals surface area contributed by atoms with Crippen LogP contribution in [-0.4, -0.2) is 16.5 Å². The van der Waals surface area contributed by atoms with Gasteiger partial charge in [-0.25, -0.2) is 0 Å². The summed E-state index contributed by atoms with van der Waals surface area (Å²) in [5.41, 5.74) is 2.16. The van der Waals surface area contributed by atoms with E-state index >= 15 is 0 Å². The van der Waals surface area contributed by atoms with Gasteiger partial charge in [0.05, 0.1) is 5.52 Å². The molecule has 0 spiro atoms. The van der Waals surface area contributed by atoms with Crippen LogP contribution in [0, 0.1) is 0 Å². The molecule has 0 aliphatic heterocycles. The first-order chi connectivity index (χ1) is 11.8. The van der Waals surface area contributed by atoms with Gasteiger partial charge < -0.3 is 14.6 Å². The summed E-state index contributed by atoms with van der Waals surface area (Å²) in [6.45, 7) is 0.886. The molecule has 0 unspecified atom stereocenters. The van der Waals surface area contributed by atoms with Crippen LogP contribution >= 0.6 is 0 Å². The van der Waals surface area contributed by atoms with Crippen LogP contribution in [0.3, 0.4) is 0 Å². The summed E-state index contributed by atoms with van der Waals surface area (Å²) in [6, 6.07) is 18.5. The van der Waals surface area contributed by atoms with Crippen LogP contribution < -0.4 is 10.1 Å². The van der Waals surface area contributed by atoms with Gasteiger partial charge in [0.15, 0.2) is 0 Å². The van der Waals surface area contributed by atoms with Crippen molar-refractivity contribution in [1.29, 1.82) is 0 Å². The number of hydrogen-bond donors (Lipinski definition) is 1. The third-order valence-corrected chi connectivity index (χ3v) is 4.25. The van der Waals surface area contributed by atoms with E-state index < -0.39 is 0 Å². The number of nitrogens with zero attached hydrogens (tertiary/aromatic N) is 1. The lowest BCUT2D eigenvalue weighted by Crippen LogP contribution is -2.28. The van der Waals surface area contributed by atoms with Crippen molar-refractivity contribution in [3.63, 3.8) is 0 Å². The number of rotatable bonds is 6. The first kappa shape index (κ1) is 14.8. The molecule has 24 heavy (non-hydrogen) atoms. The lowest BCUT2D eigenvalue weighted by atomic mass is 10.2. The number of ether oxygens (including phenoxy) is 1. The van der Waals surface area contributed by atoms with Gasteiger partial charge >= 0.3 is 0 Å². The summed E-state index contributed by atoms with van der Waals surface area (Å²) < 4.78 is 7.86. The number of amides is 1. The van der Waals surface area contributed by atoms with Gasteiger partial charge in [-0.3, -0.25) is 4.79 Å². The number of aromatic nitrogens is 1. The number of fused-ring (bicyclic) bond motifs is 1. The zero-order valence-corrected chi connectivity index (χ0v) is 13.4. The van der Waals surface area contributed by atoms with Crippen LogP contribution in [0.15, 0.2) is 60.8 Å². The highest BCUT2D eigenvalue weighted by atomic mass is 16.5. The van der Waals surface area contributed by atoms with Gasteiger partial charge in [0.25, 0.3) is 0 Å². The molecule has 3 aromatic rings. The molecular formula is C20H20N2O2. The predicted molar refractivity (Wildman–Crippen MR) is 93.9 cm³/mol. The highest BCUT2D eigenvalue weighted by Crippen LogP contribution is 2.23. The largest absolute Gasteiger partial charge is 0.489 e. The van der Waals surface area contributed by atoms with Crippen molar-refractivity contribution >= 4 is 16.8 Å². The van der Waals surface area contributed by atoms with E-state index in [9.17, 15) is 4.79 Å². The molecule has 4 rings (SSSR count). The first-order valence-electron chi connectivity index (χ1n) is 8.33. The van der Waals surface area contributed by atoms with Crippen molar-refractivity contribution in [3.8, 4) is 5.75 Å². The van der Waals surface area contributed by atoms with Crippen LogP contribution in [0.25, 0.3) is 10.9 Å². The molecule has 1 aliphatic rings. The summed E-state index contributed by atoms with van der Waals surface area (Å²) in [5.74, 6) is 0.888. The zero-order chi connectivity index (χ0) is 16.4. The second-order valence-corrected chi connectivity index (χ2v) is 6.28. The lowest BCUT2D eigenvalue weighted by molar-refractivity contribution is -0.121. The molecule has 0 radical (unpaired) electrons. The topological polar surface area (TPSA) is 43.3 Å². The van der Waals surface area contributed by atoms with Gasteiger partial charge in [-0.15, -0.1) is 0 Å². The van der Waals surface area contributed by atoms with Gasteiger partial charge in [-0.1, -0.05) is 30.3 Å². The highest BCUT2D eigenvalue weighted by Gasteiger charge is 2.23. The Hall–Kier alpha value is -2.75. The van der Waals surface area contributed by atoms with Crippen molar-refractivity contribution in [1.82, 2.24) is 9.88 Å². The number of nitrogens with one attached hydrogen (secondary N) is 1. The molecule has 1 aliphatic carbocycles. The molecule has 4 nitrogen and oxygen atoms in total. The molecule has 1 fully saturated rings. The van der Waals surface area contributed by atoms with Crippen molar-refractivity contribution in [3.05, 3.63) is 66.4 Å². The molecule has 0 atom stereocenters. The normalized spacial score (nSPS) is 13.8. The second kappa shape index (κ2) is 6.40. The standard InChI is InChI=1S/C20H20N2O2/c23-20(21-17-7-8-17)13-22-11-10-16-6-9-18(12-19(16)22)24-14-15-4-2-1-3-5-15/h1-6,9-12,17H,7-8,13-14H2,(H,21,23). The minimum absolute atomic E-state index is 0.0746. The Morgan fingerprint density at radius 3 is 2.75 bits per heavy atom. The molecule has 0 bridgehead atoms. The van der Waals surface area contributed by atoms with E-state index in [4.69, 9.17) is 4.74 Å². The Morgan fingerprint density at radius 1 is 1.12 bits per heavy atom. The summed E-state index contributed by atoms with van der Waals surface area (Å²) in [6.07, 6.45) is 4.17. The van der Waals surface area contributed by atoms with Gasteiger partial charge in [0, 0.05) is 18.3 Å². The number of carbonyl (C=O) groups excluding carboxylic acids is 1. The maximum atomic E-state index is 12.0. The van der Waals surface area contributed by atoms with Crippen LogP contribution in [0.5, 0.6) is 5.75 Å². The SMILES string of the molecule is O=C(Cn1ccc2ccc(OCc3ccccc3)cc21)NC1CC1. The van der Waals surface area contributed by atoms with Crippen LogP contribution in [0.4, 0.5) is 0 Å². The Morgan fingerprint density at radius 2 is 1.96 bits per heavy atom. The van der Waals surface area contributed by atoms with Gasteiger partial charge in [0.2, 0.25) is 5.91 Å². The monoisotopic (exact) mass is 320 g/mol. The number of hydrogen-bond acceptors (Lipinski definition) is 2. The molecule has 1 N–H and O–H groups in total. The molecule has 1 amide bonds. The van der Waals surface area contributed by atoms with Crippen molar-refractivity contribution in [2.45, 2.75) is 32.0 Å². The van der Waals surface area contributed by atoms with E-state index in [-0.39, 0.29) is 5.91 Å². The molecule has 2 aromatic carbocycles. The van der Waals surface area contributed by atoms with Gasteiger partial charge in [-0.05, 0) is 42.0 Å². The Kier molecular flexibility index (Phi) is 3.95. The fourth-order valence-corrected chi connectivity index (χ4v) is 2.79. The Bertz CT molecular complexity index is 850. The molecule has 122 valence electrons. The fraction of sp³-hybridized carbons (Fsp3) is 0.250. The predicted octanol–water partition coefficient (Wildman–Crippen LogP) is 3.50. The molecular weight excluding hydrogens is 300 g/mol. The van der Waals surface area contributed by atoms with E-state index in [1.165, 1.54) is 0 Å². The van der Waals surface area contributed by atoms with Gasteiger partial charge in [0.1, 0.15) is 18.9 Å². The average molecular weight is 320 g/mol. The minimum Gasteiger partial charge on any atom is -0.489 e. The highest BCUT2D eigenvalue weighted by molar-refractivity contribution is 5.84. The second-order valence-electron chi connectivity index (χ2n) is 6.28. The van der Waals surface area contributed by atoms with E-state index in [0.29, 0.717) is 19.2 Å². The number of benzene rings is 2. The average Bonchev–Trinajstić information content (AvgIpc) is 3.33. The summed E-state index contributed by atoms with van der Waals surface area (Å²) in [5, 5.41) is 4.14. The maximum absolute atomic E-state index is 12.0. The van der Waals surface area contributed by atoms with Gasteiger partial charge in [-0.2, -0.15) is 0 Å². The summed E-state index contributed by atoms with van der Waals surface area (Å²) in [4.78, 5) is 12.0. The number of carbonyl (C=O) groups is 1. The fourth-order valence-electron chi connectivity index (χ4n) is 2.79. The van der Waals surface area contributed by atoms with Crippen LogP contribution in [0.2, 0.25) is 0 Å². The Balaban J connectivity index is 1.48. The third-order valence-electron chi connectivity index (χ3n) is 4.25. The van der Waals surface area contributed by atoms with Crippen molar-refractivity contribution < 1.29 is 9.53 Å². The molecule has 1 heterocycles. The van der Waals surface area contributed by atoms with Crippen LogP contribution in [0.1, 0.15) is 18.4 Å². The van der Waals surface area contributed by atoms with E-state index in [2.05, 4.69) is 5.32 Å². The Labute approximate surface area is 141 Å². The zero-order valence-electron chi connectivity index (χ0n) is 13.4. The van der Waals surface area contributed by atoms with E-state index in [1.54, 1.807) is 0 Å². The quantitative estimate of drug-likeness (QED) is 0.755. The third kappa shape index (κ3) is 3.43. The minimum atomic E-state index is 0.0746. The van der Waals surface area contributed by atoms with Crippen molar-refractivity contribution in [2.75, 3.05) is 0 Å². The summed E-state index contributed by atoms with van der Waals surface area (Å²) >= 11 is 0. The van der Waals surface area contributed by atoms with Crippen molar-refractivity contribution in [2.24, 2.45) is 0 Å². The molecule has 4 heteroatoms. The first-order valence-corrected chi connectivity index (χ1v) is 8.33. The molecule has 1 aromatic heterocycles. The summed E-state index contributed by atoms with van der Waals surface area (Å²) in [7, 11) is 0. The smallest absolute Gasteiger partial charge is 0.240 e. The van der Waals surface area contributed by atoms with E-state index in [1.807, 2.05) is 65.4 Å². The maximum Gasteiger partial charge on any atom is 0.240 e. The lowest BCUT2D eigenvalue weighted by Gasteiger charge is -2.09. The van der Waals surface area contributed by atoms with E-state index in [0.717, 1.165) is 35.1 Å². The molecule has 1 saturated carbocycles.